The molecule has 0 atom stereocenters. The van der Waals surface area contributed by atoms with Gasteiger partial charge in [-0.15, -0.1) is 0 Å². The van der Waals surface area contributed by atoms with E-state index in [1.807, 2.05) is 24.3 Å². The molecule has 0 saturated carbocycles. The number of hydrogen-bond acceptors (Lipinski definition) is 2. The van der Waals surface area contributed by atoms with Gasteiger partial charge in [0.15, 0.2) is 0 Å². The van der Waals surface area contributed by atoms with Gasteiger partial charge in [-0.2, -0.15) is 0 Å². The van der Waals surface area contributed by atoms with Crippen LogP contribution in [-0.4, -0.2) is 12.4 Å². The average Bonchev–Trinajstić information content (AvgIpc) is 2.20. The molecule has 82 valence electrons. The van der Waals surface area contributed by atoms with E-state index in [1.165, 1.54) is 0 Å². The average molecular weight is 227 g/mol. The number of halogens is 1. The van der Waals surface area contributed by atoms with E-state index in [0.29, 0.717) is 19.6 Å². The molecular weight excluding hydrogens is 212 g/mol. The summed E-state index contributed by atoms with van der Waals surface area (Å²) in [5.74, 6) is 0.213. The first-order valence-corrected chi connectivity index (χ1v) is 5.38. The van der Waals surface area contributed by atoms with Gasteiger partial charge in [-0.1, -0.05) is 23.7 Å². The standard InChI is InChI=1S/C12H15ClO2/c1-10(14)3-2-8-15-9-11-4-6-12(13)7-5-11/h4-7H,2-3,8-9H2,1H3. The van der Waals surface area contributed by atoms with Crippen LogP contribution >= 0.6 is 11.6 Å². The molecule has 0 aliphatic carbocycles. The summed E-state index contributed by atoms with van der Waals surface area (Å²) in [6, 6.07) is 7.56. The first-order chi connectivity index (χ1) is 7.18. The van der Waals surface area contributed by atoms with E-state index in [9.17, 15) is 4.79 Å². The summed E-state index contributed by atoms with van der Waals surface area (Å²) in [6.07, 6.45) is 1.39. The van der Waals surface area contributed by atoms with Crippen molar-refractivity contribution in [3.8, 4) is 0 Å². The Bertz CT molecular complexity index is 306. The van der Waals surface area contributed by atoms with E-state index in [-0.39, 0.29) is 5.78 Å². The molecule has 0 N–H and O–H groups in total. The highest BCUT2D eigenvalue weighted by atomic mass is 35.5. The van der Waals surface area contributed by atoms with Gasteiger partial charge in [0.2, 0.25) is 0 Å². The minimum Gasteiger partial charge on any atom is -0.377 e. The van der Waals surface area contributed by atoms with Gasteiger partial charge in [0, 0.05) is 18.1 Å². The molecule has 0 aliphatic rings. The van der Waals surface area contributed by atoms with E-state index in [4.69, 9.17) is 16.3 Å². The van der Waals surface area contributed by atoms with Crippen molar-refractivity contribution in [1.82, 2.24) is 0 Å². The fraction of sp³-hybridized carbons (Fsp3) is 0.417. The van der Waals surface area contributed by atoms with E-state index in [0.717, 1.165) is 17.0 Å². The minimum atomic E-state index is 0.213. The van der Waals surface area contributed by atoms with Crippen molar-refractivity contribution >= 4 is 17.4 Å². The predicted molar refractivity (Wildman–Crippen MR) is 61.0 cm³/mol. The van der Waals surface area contributed by atoms with Crippen LogP contribution in [0.4, 0.5) is 0 Å². The van der Waals surface area contributed by atoms with Gasteiger partial charge in [-0.25, -0.2) is 0 Å². The van der Waals surface area contributed by atoms with Crippen molar-refractivity contribution < 1.29 is 9.53 Å². The Hall–Kier alpha value is -0.860. The van der Waals surface area contributed by atoms with Crippen LogP contribution in [0.3, 0.4) is 0 Å². The van der Waals surface area contributed by atoms with Crippen molar-refractivity contribution in [2.75, 3.05) is 6.61 Å². The van der Waals surface area contributed by atoms with Gasteiger partial charge in [-0.3, -0.25) is 0 Å². The van der Waals surface area contributed by atoms with Crippen LogP contribution < -0.4 is 0 Å². The number of ketones is 1. The third-order valence-corrected chi connectivity index (χ3v) is 2.25. The lowest BCUT2D eigenvalue weighted by Crippen LogP contribution is -1.98. The van der Waals surface area contributed by atoms with Crippen LogP contribution in [0.5, 0.6) is 0 Å². The predicted octanol–water partition coefficient (Wildman–Crippen LogP) is 3.23. The Morgan fingerprint density at radius 2 is 2.00 bits per heavy atom. The lowest BCUT2D eigenvalue weighted by Gasteiger charge is -2.03. The molecule has 0 bridgehead atoms. The number of carbonyl (C=O) groups is 1. The molecule has 1 rings (SSSR count). The van der Waals surface area contributed by atoms with Crippen LogP contribution in [0.2, 0.25) is 5.02 Å². The molecule has 0 spiro atoms. The van der Waals surface area contributed by atoms with Gasteiger partial charge in [0.1, 0.15) is 5.78 Å². The summed E-state index contributed by atoms with van der Waals surface area (Å²) < 4.78 is 5.41. The molecular formula is C12H15ClO2. The fourth-order valence-corrected chi connectivity index (χ4v) is 1.32. The summed E-state index contributed by atoms with van der Waals surface area (Å²) in [6.45, 7) is 2.80. The first kappa shape index (κ1) is 12.2. The molecule has 0 aromatic heterocycles. The highest BCUT2D eigenvalue weighted by molar-refractivity contribution is 6.30. The lowest BCUT2D eigenvalue weighted by molar-refractivity contribution is -0.117. The lowest BCUT2D eigenvalue weighted by atomic mass is 10.2. The second kappa shape index (κ2) is 6.59. The number of rotatable bonds is 6. The largest absolute Gasteiger partial charge is 0.377 e. The number of ether oxygens (including phenoxy) is 1. The first-order valence-electron chi connectivity index (χ1n) is 5.00. The third kappa shape index (κ3) is 5.55. The fourth-order valence-electron chi connectivity index (χ4n) is 1.19. The van der Waals surface area contributed by atoms with Crippen LogP contribution in [0, 0.1) is 0 Å². The maximum absolute atomic E-state index is 10.6. The zero-order chi connectivity index (χ0) is 11.1. The molecule has 0 aliphatic heterocycles. The molecule has 1 aromatic carbocycles. The Balaban J connectivity index is 2.15. The van der Waals surface area contributed by atoms with Crippen molar-refractivity contribution in [3.63, 3.8) is 0 Å². The van der Waals surface area contributed by atoms with Gasteiger partial charge in [-0.05, 0) is 31.0 Å². The number of carbonyl (C=O) groups excluding carboxylic acids is 1. The monoisotopic (exact) mass is 226 g/mol. The quantitative estimate of drug-likeness (QED) is 0.697. The minimum absolute atomic E-state index is 0.213. The van der Waals surface area contributed by atoms with Crippen molar-refractivity contribution in [2.24, 2.45) is 0 Å². The zero-order valence-electron chi connectivity index (χ0n) is 8.83. The molecule has 0 radical (unpaired) electrons. The Labute approximate surface area is 95.2 Å². The molecule has 1 aromatic rings. The topological polar surface area (TPSA) is 26.3 Å². The summed E-state index contributed by atoms with van der Waals surface area (Å²) >= 11 is 5.75. The summed E-state index contributed by atoms with van der Waals surface area (Å²) in [7, 11) is 0. The molecule has 0 amide bonds. The van der Waals surface area contributed by atoms with Crippen molar-refractivity contribution in [2.45, 2.75) is 26.4 Å². The molecule has 3 heteroatoms. The van der Waals surface area contributed by atoms with Crippen LogP contribution in [0.25, 0.3) is 0 Å². The zero-order valence-corrected chi connectivity index (χ0v) is 9.59. The van der Waals surface area contributed by atoms with Crippen LogP contribution in [0.15, 0.2) is 24.3 Å². The normalized spacial score (nSPS) is 10.3. The van der Waals surface area contributed by atoms with Gasteiger partial charge >= 0.3 is 0 Å². The Kier molecular flexibility index (Phi) is 5.37. The third-order valence-electron chi connectivity index (χ3n) is 2.00. The maximum Gasteiger partial charge on any atom is 0.129 e. The number of hydrogen-bond donors (Lipinski definition) is 0. The highest BCUT2D eigenvalue weighted by Crippen LogP contribution is 2.10. The van der Waals surface area contributed by atoms with E-state index in [1.54, 1.807) is 6.92 Å². The molecule has 0 saturated heterocycles. The number of benzene rings is 1. The summed E-state index contributed by atoms with van der Waals surface area (Å²) in [4.78, 5) is 10.6. The van der Waals surface area contributed by atoms with Crippen molar-refractivity contribution in [1.29, 1.82) is 0 Å². The van der Waals surface area contributed by atoms with E-state index in [2.05, 4.69) is 0 Å². The van der Waals surface area contributed by atoms with E-state index >= 15 is 0 Å². The van der Waals surface area contributed by atoms with Crippen LogP contribution in [0.1, 0.15) is 25.3 Å². The molecule has 0 fully saturated rings. The second-order valence-electron chi connectivity index (χ2n) is 3.48. The van der Waals surface area contributed by atoms with Gasteiger partial charge < -0.3 is 9.53 Å². The molecule has 2 nitrogen and oxygen atoms in total. The highest BCUT2D eigenvalue weighted by Gasteiger charge is 1.95. The summed E-state index contributed by atoms with van der Waals surface area (Å²) in [5.41, 5.74) is 1.10. The summed E-state index contributed by atoms with van der Waals surface area (Å²) in [5, 5.41) is 0.732. The SMILES string of the molecule is CC(=O)CCCOCc1ccc(Cl)cc1. The molecule has 0 unspecified atom stereocenters. The molecule has 15 heavy (non-hydrogen) atoms. The van der Waals surface area contributed by atoms with E-state index < -0.39 is 0 Å². The molecule has 0 heterocycles. The second-order valence-corrected chi connectivity index (χ2v) is 3.92. The van der Waals surface area contributed by atoms with Gasteiger partial charge in [0.25, 0.3) is 0 Å². The van der Waals surface area contributed by atoms with Crippen LogP contribution in [-0.2, 0) is 16.1 Å². The smallest absolute Gasteiger partial charge is 0.129 e. The Morgan fingerprint density at radius 3 is 2.60 bits per heavy atom. The maximum atomic E-state index is 10.6. The number of Topliss-reactive ketones (excluding diaryl/α,β-unsaturated/α-hetero) is 1. The van der Waals surface area contributed by atoms with Crippen molar-refractivity contribution in [3.05, 3.63) is 34.9 Å². The Morgan fingerprint density at radius 1 is 1.33 bits per heavy atom. The van der Waals surface area contributed by atoms with Gasteiger partial charge in [0.05, 0.1) is 6.61 Å².